The molecule has 0 spiro atoms. The first-order chi connectivity index (χ1) is 36.0. The number of hydrogen-bond donors (Lipinski definition) is 3. The van der Waals surface area contributed by atoms with Gasteiger partial charge in [-0.15, -0.1) is 0 Å². The van der Waals surface area contributed by atoms with E-state index in [4.69, 9.17) is 29.5 Å². The molecular weight excluding hydrogens is 969 g/mol. The number of ether oxygens (including phenoxy) is 4. The first kappa shape index (κ1) is 57.9. The lowest BCUT2D eigenvalue weighted by Gasteiger charge is -2.29. The summed E-state index contributed by atoms with van der Waals surface area (Å²) in [6.07, 6.45) is -0.556. The summed E-state index contributed by atoms with van der Waals surface area (Å²) in [5.41, 5.74) is 4.66. The normalized spacial score (nSPS) is 11.7. The van der Waals surface area contributed by atoms with Crippen LogP contribution in [-0.2, 0) is 42.4 Å². The number of aromatic nitrogens is 2. The van der Waals surface area contributed by atoms with E-state index in [1.165, 1.54) is 22.2 Å². The van der Waals surface area contributed by atoms with Gasteiger partial charge in [0.2, 0.25) is 5.69 Å². The molecule has 18 heteroatoms. The summed E-state index contributed by atoms with van der Waals surface area (Å²) in [6, 6.07) is 34.9. The van der Waals surface area contributed by atoms with Crippen LogP contribution in [0.25, 0.3) is 0 Å². The lowest BCUT2D eigenvalue weighted by molar-refractivity contribution is -0.613. The van der Waals surface area contributed by atoms with Crippen LogP contribution in [0.4, 0.5) is 21.0 Å². The molecular formula is C58H60N8O10. The summed E-state index contributed by atoms with van der Waals surface area (Å²) in [4.78, 5) is 33.5. The van der Waals surface area contributed by atoms with Crippen molar-refractivity contribution in [3.05, 3.63) is 182 Å². The summed E-state index contributed by atoms with van der Waals surface area (Å²) < 4.78 is 23.9. The topological polar surface area (TPSA) is 273 Å². The fourth-order valence-corrected chi connectivity index (χ4v) is 7.66. The van der Waals surface area contributed by atoms with Crippen LogP contribution in [0.3, 0.4) is 0 Å². The predicted octanol–water partition coefficient (Wildman–Crippen LogP) is 9.84. The van der Waals surface area contributed by atoms with E-state index in [1.807, 2.05) is 6.07 Å². The van der Waals surface area contributed by atoms with Crippen molar-refractivity contribution in [1.29, 1.82) is 21.0 Å². The van der Waals surface area contributed by atoms with Crippen LogP contribution >= 0.6 is 0 Å². The highest BCUT2D eigenvalue weighted by Crippen LogP contribution is 2.36. The van der Waals surface area contributed by atoms with Crippen LogP contribution in [0.15, 0.2) is 109 Å². The Balaban J connectivity index is 0.000000281. The summed E-state index contributed by atoms with van der Waals surface area (Å²) in [7, 11) is 0. The van der Waals surface area contributed by atoms with Crippen LogP contribution in [0.2, 0.25) is 0 Å². The lowest BCUT2D eigenvalue weighted by atomic mass is 10.0. The minimum atomic E-state index is -1.04. The second-order valence-electron chi connectivity index (χ2n) is 19.4. The van der Waals surface area contributed by atoms with E-state index in [-0.39, 0.29) is 49.2 Å². The van der Waals surface area contributed by atoms with Crippen molar-refractivity contribution in [3.8, 4) is 35.8 Å². The third kappa shape index (κ3) is 15.7. The van der Waals surface area contributed by atoms with Crippen molar-refractivity contribution < 1.29 is 48.6 Å². The number of amides is 2. The molecule has 0 bridgehead atoms. The zero-order chi connectivity index (χ0) is 55.9. The van der Waals surface area contributed by atoms with Gasteiger partial charge in [-0.3, -0.25) is 14.8 Å². The molecule has 2 unspecified atom stereocenters. The molecule has 6 rings (SSSR count). The Morgan fingerprint density at radius 3 is 1.45 bits per heavy atom. The fraction of sp³-hybridized carbons (Fsp3) is 0.310. The number of benzene rings is 4. The number of nitriles is 4. The highest BCUT2D eigenvalue weighted by Gasteiger charge is 2.31. The number of carbonyl (C=O) groups excluding carboxylic acids is 2. The van der Waals surface area contributed by atoms with E-state index in [1.54, 1.807) is 159 Å². The molecule has 2 heterocycles. The van der Waals surface area contributed by atoms with Crippen LogP contribution in [0.1, 0.15) is 135 Å². The van der Waals surface area contributed by atoms with Gasteiger partial charge in [-0.2, -0.15) is 25.8 Å². The van der Waals surface area contributed by atoms with Crippen molar-refractivity contribution in [2.45, 2.75) is 119 Å². The van der Waals surface area contributed by atoms with Crippen LogP contribution in [0.5, 0.6) is 11.5 Å². The molecule has 76 heavy (non-hydrogen) atoms. The van der Waals surface area contributed by atoms with E-state index in [2.05, 4.69) is 23.2 Å². The third-order valence-electron chi connectivity index (χ3n) is 11.1. The standard InChI is InChI=1S/2C29H30N4O5/c1-19-27(37-18-23-8-6-7-22(13-23)15-31)26(20(2)34)24(17-33(19)36)16-32(28(35)38-29(3,4)5)25-11-9-21(14-30)10-12-25;1-19(35)26-23(15-32-25(17-34)27(26)37-18-22-7-5-6-21(12-22)14-31)16-33(28(36)38-29(2,3)4)24-10-8-20(13-30)9-11-24/h6-13,17,20,34H,16,18H2,1-5H3;5-12,15,19,34-35H,16-18H2,1-4H3. The minimum Gasteiger partial charge on any atom is -0.618 e. The molecule has 0 saturated heterocycles. The molecule has 0 saturated carbocycles. The molecule has 6 aromatic rings. The lowest BCUT2D eigenvalue weighted by Crippen LogP contribution is -2.38. The number of aliphatic hydroxyl groups is 3. The molecule has 0 aliphatic rings. The summed E-state index contributed by atoms with van der Waals surface area (Å²) in [6.45, 7) is 14.8. The zero-order valence-corrected chi connectivity index (χ0v) is 43.9. The van der Waals surface area contributed by atoms with Crippen LogP contribution in [0, 0.1) is 57.5 Å². The van der Waals surface area contributed by atoms with Gasteiger partial charge in [-0.25, -0.2) is 9.59 Å². The number of hydrogen-bond acceptors (Lipinski definition) is 15. The van der Waals surface area contributed by atoms with Crippen molar-refractivity contribution in [2.24, 2.45) is 0 Å². The van der Waals surface area contributed by atoms with Crippen LogP contribution < -0.4 is 24.0 Å². The molecule has 392 valence electrons. The zero-order valence-electron chi connectivity index (χ0n) is 43.9. The average Bonchev–Trinajstić information content (AvgIpc) is 3.38. The number of pyridine rings is 2. The molecule has 0 aliphatic carbocycles. The summed E-state index contributed by atoms with van der Waals surface area (Å²) in [5, 5.41) is 81.0. The summed E-state index contributed by atoms with van der Waals surface area (Å²) in [5.74, 6) is 0.394. The van der Waals surface area contributed by atoms with Gasteiger partial charge in [0.15, 0.2) is 11.9 Å². The van der Waals surface area contributed by atoms with E-state index in [9.17, 15) is 40.6 Å². The minimum absolute atomic E-state index is 0.0277. The van der Waals surface area contributed by atoms with Gasteiger partial charge < -0.3 is 39.5 Å². The molecule has 2 atom stereocenters. The van der Waals surface area contributed by atoms with Crippen molar-refractivity contribution in [1.82, 2.24) is 4.98 Å². The Hall–Kier alpha value is -9.04. The third-order valence-corrected chi connectivity index (χ3v) is 11.1. The summed E-state index contributed by atoms with van der Waals surface area (Å²) >= 11 is 0. The number of carbonyl (C=O) groups is 2. The highest BCUT2D eigenvalue weighted by atomic mass is 16.6. The van der Waals surface area contributed by atoms with Gasteiger partial charge in [-0.1, -0.05) is 24.3 Å². The maximum Gasteiger partial charge on any atom is 0.415 e. The van der Waals surface area contributed by atoms with Gasteiger partial charge in [0.05, 0.1) is 78.4 Å². The average molecular weight is 1030 g/mol. The second kappa shape index (κ2) is 25.8. The fourth-order valence-electron chi connectivity index (χ4n) is 7.66. The van der Waals surface area contributed by atoms with Gasteiger partial charge in [-0.05, 0) is 145 Å². The maximum absolute atomic E-state index is 13.2. The smallest absolute Gasteiger partial charge is 0.415 e. The first-order valence-electron chi connectivity index (χ1n) is 24.0. The quantitative estimate of drug-likeness (QED) is 0.0637. The van der Waals surface area contributed by atoms with Gasteiger partial charge in [0.1, 0.15) is 35.9 Å². The largest absolute Gasteiger partial charge is 0.618 e. The molecule has 0 radical (unpaired) electrons. The van der Waals surface area contributed by atoms with Gasteiger partial charge in [0.25, 0.3) is 0 Å². The maximum atomic E-state index is 13.2. The molecule has 4 aromatic carbocycles. The SMILES string of the molecule is CC(O)c1c(CN(C(=O)OC(C)(C)C)c2ccc(C#N)cc2)cnc(CO)c1OCc1cccc(C#N)c1.Cc1c(OCc2cccc(C#N)c2)c(C(C)O)c(CN(C(=O)OC(C)(C)C)c2ccc(C#N)cc2)c[n+]1[O-]. The Kier molecular flexibility index (Phi) is 19.6. The molecule has 18 nitrogen and oxygen atoms in total. The predicted molar refractivity (Wildman–Crippen MR) is 280 cm³/mol. The Labute approximate surface area is 442 Å². The highest BCUT2D eigenvalue weighted by molar-refractivity contribution is 5.89. The van der Waals surface area contributed by atoms with E-state index >= 15 is 0 Å². The molecule has 2 amide bonds. The van der Waals surface area contributed by atoms with E-state index in [0.717, 1.165) is 11.1 Å². The number of nitrogens with zero attached hydrogens (tertiary/aromatic N) is 8. The van der Waals surface area contributed by atoms with Crippen molar-refractivity contribution in [3.63, 3.8) is 0 Å². The monoisotopic (exact) mass is 1030 g/mol. The van der Waals surface area contributed by atoms with Crippen molar-refractivity contribution in [2.75, 3.05) is 9.80 Å². The van der Waals surface area contributed by atoms with Gasteiger partial charge in [0, 0.05) is 41.2 Å². The molecule has 2 aromatic heterocycles. The first-order valence-corrected chi connectivity index (χ1v) is 24.0. The Morgan fingerprint density at radius 2 is 1.05 bits per heavy atom. The second-order valence-corrected chi connectivity index (χ2v) is 19.4. The molecule has 0 aliphatic heterocycles. The number of anilines is 2. The van der Waals surface area contributed by atoms with Crippen LogP contribution in [-0.4, -0.2) is 43.7 Å². The molecule has 0 fully saturated rings. The molecule has 3 N–H and O–H groups in total. The number of aliphatic hydroxyl groups excluding tert-OH is 3. The van der Waals surface area contributed by atoms with Crippen molar-refractivity contribution >= 4 is 23.6 Å². The van der Waals surface area contributed by atoms with Gasteiger partial charge >= 0.3 is 12.2 Å². The van der Waals surface area contributed by atoms with E-state index in [0.29, 0.717) is 60.6 Å². The Bertz CT molecular complexity index is 3190. The Morgan fingerprint density at radius 1 is 0.645 bits per heavy atom. The van der Waals surface area contributed by atoms with E-state index < -0.39 is 42.2 Å². The number of rotatable bonds is 15.